The molecule has 0 bridgehead atoms. The fourth-order valence-corrected chi connectivity index (χ4v) is 2.85. The first kappa shape index (κ1) is 15.9. The number of ether oxygens (including phenoxy) is 1. The van der Waals surface area contributed by atoms with E-state index in [4.69, 9.17) is 4.74 Å². The first-order valence-electron chi connectivity index (χ1n) is 8.18. The van der Waals surface area contributed by atoms with Crippen LogP contribution in [0, 0.1) is 0 Å². The van der Waals surface area contributed by atoms with Gasteiger partial charge < -0.3 is 20.4 Å². The van der Waals surface area contributed by atoms with E-state index in [9.17, 15) is 4.79 Å². The topological polar surface area (TPSA) is 66.2 Å². The zero-order valence-corrected chi connectivity index (χ0v) is 14.0. The molecule has 124 valence electrons. The standard InChI is InChI=1S/C18H25N3O2/c1-18(2,3)23-17(22)21-15-9-14(10-15)20-11-12-4-5-16-13(8-12)6-7-19-16/h4-8,14-15,19-20H,9-11H2,1-3H3,(H,21,22). The van der Waals surface area contributed by atoms with Gasteiger partial charge in [0.05, 0.1) is 0 Å². The summed E-state index contributed by atoms with van der Waals surface area (Å²) < 4.78 is 5.27. The molecule has 5 nitrogen and oxygen atoms in total. The van der Waals surface area contributed by atoms with Gasteiger partial charge in [-0.05, 0) is 62.8 Å². The van der Waals surface area contributed by atoms with E-state index < -0.39 is 5.60 Å². The molecule has 1 aliphatic carbocycles. The molecule has 1 saturated carbocycles. The smallest absolute Gasteiger partial charge is 0.407 e. The summed E-state index contributed by atoms with van der Waals surface area (Å²) >= 11 is 0. The number of aromatic nitrogens is 1. The number of benzene rings is 1. The number of alkyl carbamates (subject to hydrolysis) is 1. The molecule has 0 radical (unpaired) electrons. The molecule has 1 amide bonds. The molecule has 1 heterocycles. The summed E-state index contributed by atoms with van der Waals surface area (Å²) in [6.07, 6.45) is 3.54. The van der Waals surface area contributed by atoms with Crippen molar-refractivity contribution >= 4 is 17.0 Å². The Morgan fingerprint density at radius 3 is 2.78 bits per heavy atom. The number of amides is 1. The summed E-state index contributed by atoms with van der Waals surface area (Å²) in [5, 5.41) is 7.70. The van der Waals surface area contributed by atoms with E-state index >= 15 is 0 Å². The van der Waals surface area contributed by atoms with Crippen LogP contribution in [0.1, 0.15) is 39.2 Å². The van der Waals surface area contributed by atoms with Crippen molar-refractivity contribution in [3.63, 3.8) is 0 Å². The Balaban J connectivity index is 1.39. The van der Waals surface area contributed by atoms with Crippen LogP contribution in [0.3, 0.4) is 0 Å². The number of nitrogens with one attached hydrogen (secondary N) is 3. The molecular formula is C18H25N3O2. The van der Waals surface area contributed by atoms with Crippen LogP contribution in [0.5, 0.6) is 0 Å². The zero-order valence-electron chi connectivity index (χ0n) is 14.0. The van der Waals surface area contributed by atoms with Crippen molar-refractivity contribution in [2.24, 2.45) is 0 Å². The summed E-state index contributed by atoms with van der Waals surface area (Å²) in [5.41, 5.74) is 2.00. The van der Waals surface area contributed by atoms with E-state index in [0.717, 1.165) is 19.4 Å². The van der Waals surface area contributed by atoms with Gasteiger partial charge in [0.2, 0.25) is 0 Å². The Bertz CT molecular complexity index is 681. The Kier molecular flexibility index (Phi) is 4.31. The number of rotatable bonds is 4. The van der Waals surface area contributed by atoms with Gasteiger partial charge in [0.15, 0.2) is 0 Å². The molecule has 0 saturated heterocycles. The third-order valence-corrected chi connectivity index (χ3v) is 4.07. The van der Waals surface area contributed by atoms with Crippen molar-refractivity contribution in [2.45, 2.75) is 57.8 Å². The number of fused-ring (bicyclic) bond motifs is 1. The average molecular weight is 315 g/mol. The summed E-state index contributed by atoms with van der Waals surface area (Å²) in [6.45, 7) is 6.47. The van der Waals surface area contributed by atoms with Crippen LogP contribution in [0.25, 0.3) is 10.9 Å². The van der Waals surface area contributed by atoms with Gasteiger partial charge in [-0.1, -0.05) is 6.07 Å². The fourth-order valence-electron chi connectivity index (χ4n) is 2.85. The van der Waals surface area contributed by atoms with Crippen molar-refractivity contribution < 1.29 is 9.53 Å². The number of aromatic amines is 1. The minimum Gasteiger partial charge on any atom is -0.444 e. The minimum atomic E-state index is -0.442. The maximum Gasteiger partial charge on any atom is 0.407 e. The zero-order chi connectivity index (χ0) is 16.4. The van der Waals surface area contributed by atoms with Crippen LogP contribution in [0.4, 0.5) is 4.79 Å². The molecule has 1 aromatic carbocycles. The molecule has 23 heavy (non-hydrogen) atoms. The van der Waals surface area contributed by atoms with Crippen molar-refractivity contribution in [3.8, 4) is 0 Å². The first-order chi connectivity index (χ1) is 10.9. The van der Waals surface area contributed by atoms with Gasteiger partial charge in [-0.15, -0.1) is 0 Å². The number of carbonyl (C=O) groups excluding carboxylic acids is 1. The lowest BCUT2D eigenvalue weighted by atomic mass is 9.86. The monoisotopic (exact) mass is 315 g/mol. The molecule has 2 aromatic rings. The van der Waals surface area contributed by atoms with Gasteiger partial charge >= 0.3 is 6.09 Å². The summed E-state index contributed by atoms with van der Waals surface area (Å²) in [5.74, 6) is 0. The lowest BCUT2D eigenvalue weighted by molar-refractivity contribution is 0.0465. The van der Waals surface area contributed by atoms with E-state index in [0.29, 0.717) is 6.04 Å². The lowest BCUT2D eigenvalue weighted by Gasteiger charge is -2.36. The van der Waals surface area contributed by atoms with Crippen LogP contribution < -0.4 is 10.6 Å². The van der Waals surface area contributed by atoms with Crippen molar-refractivity contribution in [2.75, 3.05) is 0 Å². The normalized spacial score (nSPS) is 21.0. The molecule has 0 atom stereocenters. The number of carbonyl (C=O) groups is 1. The minimum absolute atomic E-state index is 0.217. The number of H-pyrrole nitrogens is 1. The van der Waals surface area contributed by atoms with Gasteiger partial charge in [0.25, 0.3) is 0 Å². The molecule has 3 rings (SSSR count). The average Bonchev–Trinajstić information content (AvgIpc) is 2.86. The maximum absolute atomic E-state index is 11.7. The van der Waals surface area contributed by atoms with Gasteiger partial charge in [-0.25, -0.2) is 4.79 Å². The van der Waals surface area contributed by atoms with Crippen molar-refractivity contribution in [1.82, 2.24) is 15.6 Å². The van der Waals surface area contributed by atoms with Crippen molar-refractivity contribution in [1.29, 1.82) is 0 Å². The predicted molar refractivity (Wildman–Crippen MR) is 91.3 cm³/mol. The Morgan fingerprint density at radius 1 is 1.26 bits per heavy atom. The highest BCUT2D eigenvalue weighted by Gasteiger charge is 2.31. The predicted octanol–water partition coefficient (Wildman–Crippen LogP) is 3.31. The Hall–Kier alpha value is -2.01. The molecule has 1 fully saturated rings. The van der Waals surface area contributed by atoms with Gasteiger partial charge in [-0.3, -0.25) is 0 Å². The Labute approximate surface area is 136 Å². The largest absolute Gasteiger partial charge is 0.444 e. The van der Waals surface area contributed by atoms with Gasteiger partial charge in [-0.2, -0.15) is 0 Å². The van der Waals surface area contributed by atoms with Crippen LogP contribution in [0.15, 0.2) is 30.5 Å². The molecule has 1 aromatic heterocycles. The second-order valence-electron chi connectivity index (χ2n) is 7.29. The lowest BCUT2D eigenvalue weighted by Crippen LogP contribution is -2.52. The second-order valence-corrected chi connectivity index (χ2v) is 7.29. The third-order valence-electron chi connectivity index (χ3n) is 4.07. The maximum atomic E-state index is 11.7. The highest BCUT2D eigenvalue weighted by Crippen LogP contribution is 2.22. The van der Waals surface area contributed by atoms with Crippen LogP contribution in [0.2, 0.25) is 0 Å². The second kappa shape index (κ2) is 6.24. The number of hydrogen-bond donors (Lipinski definition) is 3. The van der Waals surface area contributed by atoms with Crippen molar-refractivity contribution in [3.05, 3.63) is 36.0 Å². The van der Waals surface area contributed by atoms with Crippen LogP contribution in [-0.4, -0.2) is 28.8 Å². The quantitative estimate of drug-likeness (QED) is 0.811. The van der Waals surface area contributed by atoms with Gasteiger partial charge in [0, 0.05) is 30.3 Å². The van der Waals surface area contributed by atoms with E-state index in [1.807, 2.05) is 27.0 Å². The van der Waals surface area contributed by atoms with Gasteiger partial charge in [0.1, 0.15) is 5.60 Å². The van der Waals surface area contributed by atoms with E-state index in [1.165, 1.54) is 16.5 Å². The van der Waals surface area contributed by atoms with E-state index in [2.05, 4.69) is 39.9 Å². The SMILES string of the molecule is CC(C)(C)OC(=O)NC1CC(NCc2ccc3[nH]ccc3c2)C1. The molecule has 0 spiro atoms. The van der Waals surface area contributed by atoms with Crippen LogP contribution >= 0.6 is 0 Å². The third kappa shape index (κ3) is 4.26. The molecule has 5 heteroatoms. The van der Waals surface area contributed by atoms with E-state index in [-0.39, 0.29) is 12.1 Å². The molecular weight excluding hydrogens is 290 g/mol. The first-order valence-corrected chi connectivity index (χ1v) is 8.18. The molecule has 3 N–H and O–H groups in total. The summed E-state index contributed by atoms with van der Waals surface area (Å²) in [4.78, 5) is 14.9. The molecule has 0 unspecified atom stereocenters. The molecule has 0 aliphatic heterocycles. The van der Waals surface area contributed by atoms with E-state index in [1.54, 1.807) is 0 Å². The highest BCUT2D eigenvalue weighted by atomic mass is 16.6. The summed E-state index contributed by atoms with van der Waals surface area (Å²) in [7, 11) is 0. The highest BCUT2D eigenvalue weighted by molar-refractivity contribution is 5.79. The fraction of sp³-hybridized carbons (Fsp3) is 0.500. The molecule has 1 aliphatic rings. The number of hydrogen-bond acceptors (Lipinski definition) is 3. The summed E-state index contributed by atoms with van der Waals surface area (Å²) in [6, 6.07) is 9.21. The Morgan fingerprint density at radius 2 is 2.04 bits per heavy atom. The van der Waals surface area contributed by atoms with Crippen LogP contribution in [-0.2, 0) is 11.3 Å².